The van der Waals surface area contributed by atoms with Crippen LogP contribution in [0.3, 0.4) is 0 Å². The number of hydrogen-bond donors (Lipinski definition) is 1. The summed E-state index contributed by atoms with van der Waals surface area (Å²) in [7, 11) is 0. The van der Waals surface area contributed by atoms with Gasteiger partial charge in [0.2, 0.25) is 0 Å². The number of fused-ring (bicyclic) bond motifs is 1. The standard InChI is InChI=1S/C17H15ClFNO/c18-14-5-6-15(19)13(7-14)9-17(21)16-8-11-3-1-2-4-12(11)10-20-16/h1-7,16,20H,8-10H2. The van der Waals surface area contributed by atoms with Crippen molar-refractivity contribution in [3.05, 3.63) is 70.0 Å². The predicted octanol–water partition coefficient (Wildman–Crippen LogP) is 3.31. The smallest absolute Gasteiger partial charge is 0.154 e. The summed E-state index contributed by atoms with van der Waals surface area (Å²) < 4.78 is 13.7. The van der Waals surface area contributed by atoms with Gasteiger partial charge >= 0.3 is 0 Å². The Morgan fingerprint density at radius 1 is 1.24 bits per heavy atom. The maximum absolute atomic E-state index is 13.7. The topological polar surface area (TPSA) is 29.1 Å². The maximum Gasteiger partial charge on any atom is 0.154 e. The van der Waals surface area contributed by atoms with Crippen LogP contribution in [0.4, 0.5) is 4.39 Å². The van der Waals surface area contributed by atoms with E-state index in [-0.39, 0.29) is 24.1 Å². The monoisotopic (exact) mass is 303 g/mol. The molecule has 0 bridgehead atoms. The van der Waals surface area contributed by atoms with Gasteiger partial charge in [0.05, 0.1) is 6.04 Å². The van der Waals surface area contributed by atoms with Crippen molar-refractivity contribution in [3.63, 3.8) is 0 Å². The Kier molecular flexibility index (Phi) is 4.04. The molecule has 0 radical (unpaired) electrons. The molecule has 0 saturated heterocycles. The number of benzene rings is 2. The first-order valence-corrected chi connectivity index (χ1v) is 7.28. The zero-order chi connectivity index (χ0) is 14.8. The van der Waals surface area contributed by atoms with Gasteiger partial charge in [-0.15, -0.1) is 0 Å². The van der Waals surface area contributed by atoms with Crippen LogP contribution < -0.4 is 5.32 Å². The van der Waals surface area contributed by atoms with E-state index in [9.17, 15) is 9.18 Å². The van der Waals surface area contributed by atoms with Crippen molar-refractivity contribution in [3.8, 4) is 0 Å². The van der Waals surface area contributed by atoms with E-state index in [0.717, 1.165) is 0 Å². The summed E-state index contributed by atoms with van der Waals surface area (Å²) in [6, 6.07) is 12.1. The minimum atomic E-state index is -0.385. The molecule has 1 unspecified atom stereocenters. The van der Waals surface area contributed by atoms with Crippen molar-refractivity contribution in [2.75, 3.05) is 0 Å². The molecule has 21 heavy (non-hydrogen) atoms. The molecule has 0 amide bonds. The molecule has 1 heterocycles. The Balaban J connectivity index is 1.74. The second-order valence-electron chi connectivity index (χ2n) is 5.29. The molecule has 0 aromatic heterocycles. The fourth-order valence-corrected chi connectivity index (χ4v) is 2.87. The first-order valence-electron chi connectivity index (χ1n) is 6.90. The average Bonchev–Trinajstić information content (AvgIpc) is 2.50. The van der Waals surface area contributed by atoms with E-state index in [1.807, 2.05) is 18.2 Å². The van der Waals surface area contributed by atoms with E-state index >= 15 is 0 Å². The van der Waals surface area contributed by atoms with Crippen LogP contribution in [0.15, 0.2) is 42.5 Å². The minimum absolute atomic E-state index is 0.00864. The lowest BCUT2D eigenvalue weighted by Crippen LogP contribution is -2.42. The third-order valence-corrected chi connectivity index (χ3v) is 4.08. The molecule has 2 aromatic carbocycles. The Bertz CT molecular complexity index is 686. The van der Waals surface area contributed by atoms with Gasteiger partial charge in [0, 0.05) is 18.0 Å². The molecule has 0 saturated carbocycles. The molecule has 1 atom stereocenters. The fraction of sp³-hybridized carbons (Fsp3) is 0.235. The molecule has 2 aromatic rings. The van der Waals surface area contributed by atoms with Crippen molar-refractivity contribution < 1.29 is 9.18 Å². The third kappa shape index (κ3) is 3.14. The Hall–Kier alpha value is -1.71. The number of hydrogen-bond acceptors (Lipinski definition) is 2. The molecule has 0 spiro atoms. The highest BCUT2D eigenvalue weighted by Crippen LogP contribution is 2.20. The summed E-state index contributed by atoms with van der Waals surface area (Å²) in [6.45, 7) is 0.671. The zero-order valence-corrected chi connectivity index (χ0v) is 12.2. The Morgan fingerprint density at radius 3 is 2.81 bits per heavy atom. The predicted molar refractivity (Wildman–Crippen MR) is 80.9 cm³/mol. The summed E-state index contributed by atoms with van der Waals surface area (Å²) in [6.07, 6.45) is 0.712. The van der Waals surface area contributed by atoms with Gasteiger partial charge in [-0.1, -0.05) is 35.9 Å². The Labute approximate surface area is 127 Å². The van der Waals surface area contributed by atoms with E-state index in [0.29, 0.717) is 23.6 Å². The van der Waals surface area contributed by atoms with Gasteiger partial charge in [-0.2, -0.15) is 0 Å². The van der Waals surface area contributed by atoms with Crippen LogP contribution in [0.25, 0.3) is 0 Å². The zero-order valence-electron chi connectivity index (χ0n) is 11.4. The maximum atomic E-state index is 13.7. The molecule has 1 aliphatic heterocycles. The van der Waals surface area contributed by atoms with Crippen LogP contribution >= 0.6 is 11.6 Å². The molecule has 4 heteroatoms. The molecular weight excluding hydrogens is 289 g/mol. The first-order chi connectivity index (χ1) is 10.1. The van der Waals surface area contributed by atoms with Crippen molar-refractivity contribution in [2.45, 2.75) is 25.4 Å². The highest BCUT2D eigenvalue weighted by atomic mass is 35.5. The summed E-state index contributed by atoms with van der Waals surface area (Å²) >= 11 is 5.86. The highest BCUT2D eigenvalue weighted by Gasteiger charge is 2.24. The number of nitrogens with one attached hydrogen (secondary N) is 1. The second-order valence-corrected chi connectivity index (χ2v) is 5.72. The van der Waals surface area contributed by atoms with Gasteiger partial charge < -0.3 is 5.32 Å². The number of carbonyl (C=O) groups is 1. The summed E-state index contributed by atoms with van der Waals surface area (Å²) in [5.41, 5.74) is 2.75. The minimum Gasteiger partial charge on any atom is -0.303 e. The normalized spacial score (nSPS) is 17.3. The molecule has 0 aliphatic carbocycles. The number of Topliss-reactive ketones (excluding diaryl/α,β-unsaturated/α-hetero) is 1. The van der Waals surface area contributed by atoms with Gasteiger partial charge in [-0.25, -0.2) is 4.39 Å². The van der Waals surface area contributed by atoms with Crippen LogP contribution in [0, 0.1) is 5.82 Å². The summed E-state index contributed by atoms with van der Waals surface area (Å²) in [4.78, 5) is 12.4. The first kappa shape index (κ1) is 14.2. The van der Waals surface area contributed by atoms with Gasteiger partial charge in [0.1, 0.15) is 5.82 Å². The molecule has 2 nitrogen and oxygen atoms in total. The fourth-order valence-electron chi connectivity index (χ4n) is 2.67. The van der Waals surface area contributed by atoms with Crippen LogP contribution in [-0.2, 0) is 24.2 Å². The van der Waals surface area contributed by atoms with Crippen molar-refractivity contribution in [2.24, 2.45) is 0 Å². The second kappa shape index (κ2) is 5.96. The largest absolute Gasteiger partial charge is 0.303 e. The van der Waals surface area contributed by atoms with Crippen LogP contribution in [0.1, 0.15) is 16.7 Å². The molecular formula is C17H15ClFNO. The molecule has 1 aliphatic rings. The van der Waals surface area contributed by atoms with Crippen LogP contribution in [0.2, 0.25) is 5.02 Å². The van der Waals surface area contributed by atoms with E-state index in [4.69, 9.17) is 11.6 Å². The lowest BCUT2D eigenvalue weighted by molar-refractivity contribution is -0.120. The lowest BCUT2D eigenvalue weighted by atomic mass is 9.91. The van der Waals surface area contributed by atoms with Crippen molar-refractivity contribution >= 4 is 17.4 Å². The number of ketones is 1. The SMILES string of the molecule is O=C(Cc1cc(Cl)ccc1F)C1Cc2ccccc2CN1. The van der Waals surface area contributed by atoms with E-state index in [2.05, 4.69) is 11.4 Å². The Morgan fingerprint density at radius 2 is 2.00 bits per heavy atom. The van der Waals surface area contributed by atoms with Gasteiger partial charge in [-0.05, 0) is 41.3 Å². The van der Waals surface area contributed by atoms with Crippen molar-refractivity contribution in [1.82, 2.24) is 5.32 Å². The number of rotatable bonds is 3. The molecule has 3 rings (SSSR count). The lowest BCUT2D eigenvalue weighted by Gasteiger charge is -2.25. The van der Waals surface area contributed by atoms with Gasteiger partial charge in [0.15, 0.2) is 5.78 Å². The quantitative estimate of drug-likeness (QED) is 0.942. The van der Waals surface area contributed by atoms with E-state index in [1.165, 1.54) is 29.3 Å². The van der Waals surface area contributed by atoms with Gasteiger partial charge in [-0.3, -0.25) is 4.79 Å². The van der Waals surface area contributed by atoms with E-state index < -0.39 is 0 Å². The third-order valence-electron chi connectivity index (χ3n) is 3.84. The van der Waals surface area contributed by atoms with Crippen LogP contribution in [-0.4, -0.2) is 11.8 Å². The summed E-state index contributed by atoms with van der Waals surface area (Å²) in [5, 5.41) is 3.67. The van der Waals surface area contributed by atoms with Crippen molar-refractivity contribution in [1.29, 1.82) is 0 Å². The molecule has 1 N–H and O–H groups in total. The van der Waals surface area contributed by atoms with Gasteiger partial charge in [0.25, 0.3) is 0 Å². The number of halogens is 2. The highest BCUT2D eigenvalue weighted by molar-refractivity contribution is 6.30. The average molecular weight is 304 g/mol. The van der Waals surface area contributed by atoms with E-state index in [1.54, 1.807) is 0 Å². The number of carbonyl (C=O) groups excluding carboxylic acids is 1. The van der Waals surface area contributed by atoms with Crippen LogP contribution in [0.5, 0.6) is 0 Å². The molecule has 0 fully saturated rings. The summed E-state index contributed by atoms with van der Waals surface area (Å²) in [5.74, 6) is -0.394. The molecule has 108 valence electrons.